The summed E-state index contributed by atoms with van der Waals surface area (Å²) >= 11 is 3.64. The smallest absolute Gasteiger partial charge is 0.336 e. The Labute approximate surface area is 179 Å². The fourth-order valence-corrected chi connectivity index (χ4v) is 4.56. The second kappa shape index (κ2) is 7.42. The number of rotatable bonds is 2. The van der Waals surface area contributed by atoms with Gasteiger partial charge in [0.25, 0.3) is 0 Å². The lowest BCUT2D eigenvalue weighted by atomic mass is 9.69. The molecule has 0 bridgehead atoms. The molecule has 3 aromatic rings. The maximum absolute atomic E-state index is 12.3. The van der Waals surface area contributed by atoms with Crippen LogP contribution in [0, 0.1) is 11.3 Å². The zero-order valence-electron chi connectivity index (χ0n) is 16.9. The highest BCUT2D eigenvalue weighted by molar-refractivity contribution is 9.10. The van der Waals surface area contributed by atoms with Gasteiger partial charge in [0, 0.05) is 9.86 Å². The summed E-state index contributed by atoms with van der Waals surface area (Å²) in [4.78, 5) is 17.2. The molecule has 1 heterocycles. The first-order valence-electron chi connectivity index (χ1n) is 9.86. The average Bonchev–Trinajstić information content (AvgIpc) is 2.67. The van der Waals surface area contributed by atoms with Gasteiger partial charge < -0.3 is 5.11 Å². The van der Waals surface area contributed by atoms with Crippen LogP contribution in [0.5, 0.6) is 0 Å². The van der Waals surface area contributed by atoms with E-state index in [0.29, 0.717) is 16.9 Å². The van der Waals surface area contributed by atoms with E-state index in [4.69, 9.17) is 4.98 Å². The van der Waals surface area contributed by atoms with Crippen molar-refractivity contribution in [3.63, 3.8) is 0 Å². The molecule has 0 saturated carbocycles. The van der Waals surface area contributed by atoms with Crippen molar-refractivity contribution < 1.29 is 9.90 Å². The lowest BCUT2D eigenvalue weighted by Gasteiger charge is -2.36. The van der Waals surface area contributed by atoms with E-state index in [1.165, 1.54) is 0 Å². The van der Waals surface area contributed by atoms with Crippen LogP contribution in [0.1, 0.15) is 54.4 Å². The molecule has 0 aliphatic heterocycles. The predicted molar refractivity (Wildman–Crippen MR) is 122 cm³/mol. The molecular weight excluding hydrogens is 426 g/mol. The highest BCUT2D eigenvalue weighted by atomic mass is 79.9. The van der Waals surface area contributed by atoms with Crippen LogP contribution in [0.2, 0.25) is 0 Å². The molecule has 1 unspecified atom stereocenters. The molecule has 4 rings (SSSR count). The van der Waals surface area contributed by atoms with Gasteiger partial charge in [-0.2, -0.15) is 0 Å². The summed E-state index contributed by atoms with van der Waals surface area (Å²) in [6.45, 7) is 6.69. The zero-order chi connectivity index (χ0) is 20.8. The number of benzene rings is 2. The molecule has 4 heteroatoms. The minimum Gasteiger partial charge on any atom is -0.478 e. The third-order valence-electron chi connectivity index (χ3n) is 5.89. The molecule has 0 radical (unpaired) electrons. The number of carbonyl (C=O) groups is 1. The number of aromatic carboxylic acids is 1. The summed E-state index contributed by atoms with van der Waals surface area (Å²) in [6, 6.07) is 15.6. The zero-order valence-corrected chi connectivity index (χ0v) is 18.5. The summed E-state index contributed by atoms with van der Waals surface area (Å²) < 4.78 is 1.02. The molecule has 1 aliphatic rings. The van der Waals surface area contributed by atoms with Crippen molar-refractivity contribution >= 4 is 44.5 Å². The van der Waals surface area contributed by atoms with Crippen LogP contribution >= 0.6 is 15.9 Å². The lowest BCUT2D eigenvalue weighted by molar-refractivity contribution is 0.0696. The first-order chi connectivity index (χ1) is 13.8. The number of hydrogen-bond acceptors (Lipinski definition) is 2. The molecule has 29 heavy (non-hydrogen) atoms. The Kier molecular flexibility index (Phi) is 5.07. The Morgan fingerprint density at radius 2 is 1.79 bits per heavy atom. The minimum absolute atomic E-state index is 0.0616. The van der Waals surface area contributed by atoms with E-state index in [2.05, 4.69) is 48.8 Å². The number of para-hydroxylation sites is 1. The van der Waals surface area contributed by atoms with Crippen molar-refractivity contribution in [3.05, 3.63) is 75.4 Å². The van der Waals surface area contributed by atoms with Crippen LogP contribution in [-0.4, -0.2) is 16.1 Å². The lowest BCUT2D eigenvalue weighted by Crippen LogP contribution is -2.28. The second-order valence-corrected chi connectivity index (χ2v) is 9.65. The monoisotopic (exact) mass is 449 g/mol. The van der Waals surface area contributed by atoms with Crippen molar-refractivity contribution in [2.45, 2.75) is 33.6 Å². The van der Waals surface area contributed by atoms with Crippen molar-refractivity contribution in [1.82, 2.24) is 4.98 Å². The van der Waals surface area contributed by atoms with E-state index in [9.17, 15) is 9.90 Å². The van der Waals surface area contributed by atoms with E-state index in [-0.39, 0.29) is 5.41 Å². The van der Waals surface area contributed by atoms with Gasteiger partial charge in [-0.15, -0.1) is 0 Å². The highest BCUT2D eigenvalue weighted by Crippen LogP contribution is 2.45. The first kappa shape index (κ1) is 19.8. The Hall–Kier alpha value is -2.46. The molecular formula is C25H24BrNO2. The molecule has 1 N–H and O–H groups in total. The van der Waals surface area contributed by atoms with Crippen LogP contribution < -0.4 is 0 Å². The number of carboxylic acids is 1. The third kappa shape index (κ3) is 3.74. The third-order valence-corrected chi connectivity index (χ3v) is 6.61. The van der Waals surface area contributed by atoms with Gasteiger partial charge in [-0.05, 0) is 59.1 Å². The number of allylic oxidation sites excluding steroid dienone is 1. The topological polar surface area (TPSA) is 50.2 Å². The summed E-state index contributed by atoms with van der Waals surface area (Å²) in [5.41, 5.74) is 5.07. The number of hydrogen-bond donors (Lipinski definition) is 1. The molecule has 0 fully saturated rings. The molecule has 1 atom stereocenters. The molecule has 0 spiro atoms. The van der Waals surface area contributed by atoms with E-state index in [1.807, 2.05) is 42.5 Å². The fourth-order valence-electron chi connectivity index (χ4n) is 4.16. The Bertz CT molecular complexity index is 1140. The van der Waals surface area contributed by atoms with Crippen molar-refractivity contribution in [3.8, 4) is 0 Å². The maximum atomic E-state index is 12.3. The standard InChI is InChI=1S/C25H24BrNO2/c1-25(2,3)17-13-16(12-15-8-4-6-10-20(15)26)23-19(14-17)22(24(28)29)18-9-5-7-11-21(18)27-23/h4-12,17H,13-14H2,1-3H3,(H,28,29)/b16-12+. The summed E-state index contributed by atoms with van der Waals surface area (Å²) in [5.74, 6) is -0.542. The molecule has 1 aliphatic carbocycles. The van der Waals surface area contributed by atoms with Crippen LogP contribution in [0.15, 0.2) is 53.0 Å². The van der Waals surface area contributed by atoms with E-state index in [0.717, 1.165) is 45.2 Å². The first-order valence-corrected chi connectivity index (χ1v) is 10.7. The van der Waals surface area contributed by atoms with Crippen molar-refractivity contribution in [2.24, 2.45) is 11.3 Å². The normalized spacial score (nSPS) is 18.1. The summed E-state index contributed by atoms with van der Waals surface area (Å²) in [5, 5.41) is 10.8. The number of aromatic nitrogens is 1. The molecule has 3 nitrogen and oxygen atoms in total. The quantitative estimate of drug-likeness (QED) is 0.465. The molecule has 148 valence electrons. The predicted octanol–water partition coefficient (Wildman–Crippen LogP) is 6.84. The Morgan fingerprint density at radius 1 is 1.10 bits per heavy atom. The van der Waals surface area contributed by atoms with Crippen LogP contribution in [0.4, 0.5) is 0 Å². The summed E-state index contributed by atoms with van der Waals surface area (Å²) in [6.07, 6.45) is 3.77. The molecule has 0 amide bonds. The van der Waals surface area contributed by atoms with E-state index < -0.39 is 5.97 Å². The highest BCUT2D eigenvalue weighted by Gasteiger charge is 2.35. The average molecular weight is 450 g/mol. The summed E-state index contributed by atoms with van der Waals surface area (Å²) in [7, 11) is 0. The number of nitrogens with zero attached hydrogens (tertiary/aromatic N) is 1. The van der Waals surface area contributed by atoms with Gasteiger partial charge in [-0.25, -0.2) is 9.78 Å². The van der Waals surface area contributed by atoms with E-state index >= 15 is 0 Å². The molecule has 0 saturated heterocycles. The van der Waals surface area contributed by atoms with E-state index in [1.54, 1.807) is 0 Å². The SMILES string of the molecule is CC(C)(C)C1C/C(=C\c2ccccc2Br)c2nc3ccccc3c(C(=O)O)c2C1. The molecule has 2 aromatic carbocycles. The Balaban J connectivity index is 2.02. The van der Waals surface area contributed by atoms with Crippen LogP contribution in [0.25, 0.3) is 22.6 Å². The van der Waals surface area contributed by atoms with Gasteiger partial charge in [0.15, 0.2) is 0 Å². The van der Waals surface area contributed by atoms with Gasteiger partial charge in [0.05, 0.1) is 16.8 Å². The number of pyridine rings is 1. The van der Waals surface area contributed by atoms with Gasteiger partial charge in [-0.1, -0.05) is 73.1 Å². The number of halogens is 1. The van der Waals surface area contributed by atoms with Crippen LogP contribution in [-0.2, 0) is 6.42 Å². The van der Waals surface area contributed by atoms with Crippen molar-refractivity contribution in [1.29, 1.82) is 0 Å². The Morgan fingerprint density at radius 3 is 2.48 bits per heavy atom. The number of carboxylic acid groups (broad SMARTS) is 1. The van der Waals surface area contributed by atoms with Gasteiger partial charge in [0.2, 0.25) is 0 Å². The second-order valence-electron chi connectivity index (χ2n) is 8.80. The fraction of sp³-hybridized carbons (Fsp3) is 0.280. The number of fused-ring (bicyclic) bond motifs is 2. The minimum atomic E-state index is -0.880. The molecule has 1 aromatic heterocycles. The van der Waals surface area contributed by atoms with Gasteiger partial charge >= 0.3 is 5.97 Å². The van der Waals surface area contributed by atoms with Crippen LogP contribution in [0.3, 0.4) is 0 Å². The maximum Gasteiger partial charge on any atom is 0.336 e. The van der Waals surface area contributed by atoms with Crippen molar-refractivity contribution in [2.75, 3.05) is 0 Å². The largest absolute Gasteiger partial charge is 0.478 e. The van der Waals surface area contributed by atoms with Gasteiger partial charge in [-0.3, -0.25) is 0 Å². The van der Waals surface area contributed by atoms with Gasteiger partial charge in [0.1, 0.15) is 0 Å².